The van der Waals surface area contributed by atoms with Crippen molar-refractivity contribution in [3.05, 3.63) is 11.6 Å². The van der Waals surface area contributed by atoms with E-state index >= 15 is 0 Å². The summed E-state index contributed by atoms with van der Waals surface area (Å²) in [6.45, 7) is 3.55. The number of alkyl halides is 3. The van der Waals surface area contributed by atoms with Crippen molar-refractivity contribution in [1.82, 2.24) is 0 Å². The van der Waals surface area contributed by atoms with Gasteiger partial charge in [-0.2, -0.15) is 24.9 Å². The van der Waals surface area contributed by atoms with Crippen LogP contribution in [0.15, 0.2) is 11.6 Å². The molecule has 0 spiro atoms. The highest BCUT2D eigenvalue weighted by Crippen LogP contribution is 2.28. The van der Waals surface area contributed by atoms with Crippen LogP contribution in [0.4, 0.5) is 13.2 Å². The summed E-state index contributed by atoms with van der Waals surface area (Å²) in [5.74, 6) is 1.39. The smallest absolute Gasteiger partial charge is 0.166 e. The molecule has 0 N–H and O–H groups in total. The van der Waals surface area contributed by atoms with Crippen LogP contribution in [-0.2, 0) is 0 Å². The number of hydrogen-bond donors (Lipinski definition) is 0. The predicted octanol–water partition coefficient (Wildman–Crippen LogP) is 4.03. The first-order valence-electron chi connectivity index (χ1n) is 4.36. The van der Waals surface area contributed by atoms with Crippen LogP contribution in [-0.4, -0.2) is 17.7 Å². The highest BCUT2D eigenvalue weighted by atomic mass is 32.2. The number of rotatable bonds is 5. The van der Waals surface area contributed by atoms with Crippen LogP contribution in [0.25, 0.3) is 0 Å². The Kier molecular flexibility index (Phi) is 6.29. The molecule has 0 saturated heterocycles. The molecule has 0 aromatic carbocycles. The summed E-state index contributed by atoms with van der Waals surface area (Å²) in [6.07, 6.45) is -1.77. The first-order chi connectivity index (χ1) is 6.02. The van der Waals surface area contributed by atoms with E-state index in [1.807, 2.05) is 6.92 Å². The van der Waals surface area contributed by atoms with Crippen LogP contribution >= 0.6 is 11.8 Å². The molecule has 0 aliphatic heterocycles. The number of halogens is 3. The molecule has 0 aliphatic carbocycles. The van der Waals surface area contributed by atoms with Gasteiger partial charge in [0.25, 0.3) is 0 Å². The summed E-state index contributed by atoms with van der Waals surface area (Å²) in [5, 5.41) is 0. The monoisotopic (exact) mass is 212 g/mol. The SMILES string of the molecule is CCCSCC=C(CC)C(F)(F)F. The van der Waals surface area contributed by atoms with Crippen molar-refractivity contribution in [1.29, 1.82) is 0 Å². The molecule has 0 aromatic rings. The Morgan fingerprint density at radius 2 is 1.92 bits per heavy atom. The van der Waals surface area contributed by atoms with Crippen LogP contribution in [0.2, 0.25) is 0 Å². The number of allylic oxidation sites excluding steroid dienone is 1. The summed E-state index contributed by atoms with van der Waals surface area (Å²) in [7, 11) is 0. The van der Waals surface area contributed by atoms with Gasteiger partial charge in [0.2, 0.25) is 0 Å². The predicted molar refractivity (Wildman–Crippen MR) is 52.0 cm³/mol. The second-order valence-electron chi connectivity index (χ2n) is 2.66. The molecule has 4 heteroatoms. The second kappa shape index (κ2) is 6.35. The van der Waals surface area contributed by atoms with Crippen LogP contribution in [0.3, 0.4) is 0 Å². The molecular formula is C9H15F3S. The van der Waals surface area contributed by atoms with Crippen LogP contribution < -0.4 is 0 Å². The summed E-state index contributed by atoms with van der Waals surface area (Å²) in [5.41, 5.74) is -0.406. The molecule has 0 nitrogen and oxygen atoms in total. The summed E-state index contributed by atoms with van der Waals surface area (Å²) in [6, 6.07) is 0. The third-order valence-corrected chi connectivity index (χ3v) is 2.64. The van der Waals surface area contributed by atoms with Crippen molar-refractivity contribution in [2.75, 3.05) is 11.5 Å². The summed E-state index contributed by atoms with van der Waals surface area (Å²) < 4.78 is 36.5. The molecule has 0 atom stereocenters. The molecule has 13 heavy (non-hydrogen) atoms. The van der Waals surface area contributed by atoms with E-state index in [0.29, 0.717) is 5.75 Å². The first-order valence-corrected chi connectivity index (χ1v) is 5.51. The highest BCUT2D eigenvalue weighted by Gasteiger charge is 2.31. The minimum atomic E-state index is -4.14. The number of hydrogen-bond acceptors (Lipinski definition) is 1. The minimum absolute atomic E-state index is 0.0657. The Morgan fingerprint density at radius 1 is 1.31 bits per heavy atom. The zero-order chi connectivity index (χ0) is 10.3. The molecule has 0 fully saturated rings. The fraction of sp³-hybridized carbons (Fsp3) is 0.778. The maximum atomic E-state index is 12.2. The Hall–Kier alpha value is -0.120. The topological polar surface area (TPSA) is 0 Å². The minimum Gasteiger partial charge on any atom is -0.166 e. The lowest BCUT2D eigenvalue weighted by Gasteiger charge is -2.08. The fourth-order valence-corrected chi connectivity index (χ4v) is 1.62. The molecule has 0 heterocycles. The van der Waals surface area contributed by atoms with Crippen molar-refractivity contribution < 1.29 is 13.2 Å². The van der Waals surface area contributed by atoms with Gasteiger partial charge in [0, 0.05) is 11.3 Å². The lowest BCUT2D eigenvalue weighted by Crippen LogP contribution is -2.11. The molecule has 0 aromatic heterocycles. The molecule has 0 radical (unpaired) electrons. The van der Waals surface area contributed by atoms with E-state index in [1.54, 1.807) is 0 Å². The highest BCUT2D eigenvalue weighted by molar-refractivity contribution is 7.99. The van der Waals surface area contributed by atoms with Crippen LogP contribution in [0.1, 0.15) is 26.7 Å². The third kappa shape index (κ3) is 6.02. The normalized spacial score (nSPS) is 13.5. The summed E-state index contributed by atoms with van der Waals surface area (Å²) in [4.78, 5) is 0. The molecule has 0 amide bonds. The van der Waals surface area contributed by atoms with Crippen LogP contribution in [0, 0.1) is 0 Å². The Balaban J connectivity index is 3.94. The summed E-state index contributed by atoms with van der Waals surface area (Å²) >= 11 is 1.54. The van der Waals surface area contributed by atoms with Gasteiger partial charge in [0.05, 0.1) is 0 Å². The van der Waals surface area contributed by atoms with Gasteiger partial charge in [0.15, 0.2) is 0 Å². The van der Waals surface area contributed by atoms with E-state index in [1.165, 1.54) is 24.8 Å². The molecule has 78 valence electrons. The zero-order valence-electron chi connectivity index (χ0n) is 7.95. The zero-order valence-corrected chi connectivity index (χ0v) is 8.76. The molecule has 0 saturated carbocycles. The third-order valence-electron chi connectivity index (χ3n) is 1.54. The van der Waals surface area contributed by atoms with Gasteiger partial charge in [-0.25, -0.2) is 0 Å². The average molecular weight is 212 g/mol. The van der Waals surface area contributed by atoms with E-state index in [0.717, 1.165) is 12.2 Å². The van der Waals surface area contributed by atoms with E-state index in [2.05, 4.69) is 0 Å². The van der Waals surface area contributed by atoms with Crippen molar-refractivity contribution in [2.45, 2.75) is 32.9 Å². The molecule has 0 bridgehead atoms. The molecule has 0 aliphatic rings. The Morgan fingerprint density at radius 3 is 2.31 bits per heavy atom. The Bertz CT molecular complexity index is 161. The van der Waals surface area contributed by atoms with Gasteiger partial charge in [-0.05, 0) is 18.6 Å². The quantitative estimate of drug-likeness (QED) is 0.490. The Labute approximate surface area is 81.6 Å². The van der Waals surface area contributed by atoms with Gasteiger partial charge in [0.1, 0.15) is 0 Å². The lowest BCUT2D eigenvalue weighted by molar-refractivity contribution is -0.0936. The van der Waals surface area contributed by atoms with Crippen LogP contribution in [0.5, 0.6) is 0 Å². The lowest BCUT2D eigenvalue weighted by atomic mass is 10.2. The van der Waals surface area contributed by atoms with Gasteiger partial charge in [-0.1, -0.05) is 19.9 Å². The number of thioether (sulfide) groups is 1. The average Bonchev–Trinajstić information content (AvgIpc) is 2.02. The van der Waals surface area contributed by atoms with E-state index in [9.17, 15) is 13.2 Å². The molecule has 0 unspecified atom stereocenters. The fourth-order valence-electron chi connectivity index (χ4n) is 0.848. The van der Waals surface area contributed by atoms with E-state index < -0.39 is 11.7 Å². The van der Waals surface area contributed by atoms with Crippen molar-refractivity contribution in [2.24, 2.45) is 0 Å². The van der Waals surface area contributed by atoms with E-state index in [-0.39, 0.29) is 6.42 Å². The maximum absolute atomic E-state index is 12.2. The van der Waals surface area contributed by atoms with Gasteiger partial charge < -0.3 is 0 Å². The first kappa shape index (κ1) is 12.9. The standard InChI is InChI=1S/C9H15F3S/c1-3-6-13-7-5-8(4-2)9(10,11)12/h5H,3-4,6-7H2,1-2H3. The van der Waals surface area contributed by atoms with Crippen molar-refractivity contribution >= 4 is 11.8 Å². The van der Waals surface area contributed by atoms with E-state index in [4.69, 9.17) is 0 Å². The van der Waals surface area contributed by atoms with Gasteiger partial charge in [-0.15, -0.1) is 0 Å². The van der Waals surface area contributed by atoms with Gasteiger partial charge >= 0.3 is 6.18 Å². The molecule has 0 rings (SSSR count). The van der Waals surface area contributed by atoms with Crippen molar-refractivity contribution in [3.8, 4) is 0 Å². The maximum Gasteiger partial charge on any atom is 0.412 e. The second-order valence-corrected chi connectivity index (χ2v) is 3.81. The largest absolute Gasteiger partial charge is 0.412 e. The molecular weight excluding hydrogens is 197 g/mol. The van der Waals surface area contributed by atoms with Gasteiger partial charge in [-0.3, -0.25) is 0 Å². The van der Waals surface area contributed by atoms with Crippen molar-refractivity contribution in [3.63, 3.8) is 0 Å².